The van der Waals surface area contributed by atoms with Crippen LogP contribution in [0.15, 0.2) is 42.3 Å². The first-order chi connectivity index (χ1) is 26.5. The summed E-state index contributed by atoms with van der Waals surface area (Å²) >= 11 is 1.46. The van der Waals surface area contributed by atoms with E-state index in [1.807, 2.05) is 52.1 Å². The average Bonchev–Trinajstić information content (AvgIpc) is 3.55. The Hall–Kier alpha value is -4.20. The van der Waals surface area contributed by atoms with Gasteiger partial charge in [-0.2, -0.15) is 0 Å². The number of anilines is 1. The Labute approximate surface area is 332 Å². The van der Waals surface area contributed by atoms with Crippen molar-refractivity contribution in [2.45, 2.75) is 116 Å². The van der Waals surface area contributed by atoms with Gasteiger partial charge < -0.3 is 40.0 Å². The van der Waals surface area contributed by atoms with Crippen LogP contribution in [0.5, 0.6) is 11.5 Å². The summed E-state index contributed by atoms with van der Waals surface area (Å²) in [6, 6.07) is 5.32. The number of hydrogen-bond donors (Lipinski definition) is 4. The van der Waals surface area contributed by atoms with E-state index < -0.39 is 60.1 Å². The van der Waals surface area contributed by atoms with E-state index in [9.17, 15) is 23.8 Å². The number of methoxy groups -OCH3 is 1. The Kier molecular flexibility index (Phi) is 12.1. The largest absolute Gasteiger partial charge is 0.497 e. The fourth-order valence-electron chi connectivity index (χ4n) is 7.68. The number of aromatic nitrogens is 2. The predicted octanol–water partition coefficient (Wildman–Crippen LogP) is 6.93. The van der Waals surface area contributed by atoms with E-state index in [4.69, 9.17) is 24.2 Å². The molecule has 2 aliphatic carbocycles. The second-order valence-electron chi connectivity index (χ2n) is 16.4. The normalized spacial score (nSPS) is 24.0. The van der Waals surface area contributed by atoms with Gasteiger partial charge in [0.05, 0.1) is 24.9 Å². The van der Waals surface area contributed by atoms with Crippen molar-refractivity contribution in [3.8, 4) is 22.9 Å². The highest BCUT2D eigenvalue weighted by Gasteiger charge is 2.65. The first kappa shape index (κ1) is 41.4. The molecule has 1 aliphatic heterocycles. The monoisotopic (exact) mass is 810 g/mol. The van der Waals surface area contributed by atoms with Crippen molar-refractivity contribution < 1.29 is 38.1 Å². The van der Waals surface area contributed by atoms with Crippen molar-refractivity contribution in [3.05, 3.63) is 42.3 Å². The van der Waals surface area contributed by atoms with Crippen LogP contribution in [0.1, 0.15) is 80.1 Å². The smallest absolute Gasteiger partial charge is 0.408 e. The molecule has 3 aliphatic rings. The number of alkyl carbamates (subject to hydrolysis) is 1. The minimum Gasteiger partial charge on any atom is -0.497 e. The van der Waals surface area contributed by atoms with Crippen LogP contribution in [0.2, 0.25) is 0 Å². The Balaban J connectivity index is 1.34. The number of likely N-dealkylation sites (tertiary alicyclic amines) is 1. The van der Waals surface area contributed by atoms with Gasteiger partial charge in [0.25, 0.3) is 0 Å². The molecule has 3 heterocycles. The number of nitrogens with one attached hydrogen (secondary N) is 3. The number of carbonyl (C=O) groups excluding carboxylic acids is 3. The summed E-state index contributed by atoms with van der Waals surface area (Å²) in [5, 5.41) is 11.0. The Morgan fingerprint density at radius 3 is 2.50 bits per heavy atom. The summed E-state index contributed by atoms with van der Waals surface area (Å²) in [6.07, 6.45) is 3.79. The van der Waals surface area contributed by atoms with E-state index in [2.05, 4.69) is 22.5 Å². The lowest BCUT2D eigenvalue weighted by Gasteiger charge is -2.35. The van der Waals surface area contributed by atoms with Gasteiger partial charge in [-0.1, -0.05) is 33.8 Å². The van der Waals surface area contributed by atoms with E-state index in [1.54, 1.807) is 32.2 Å². The van der Waals surface area contributed by atoms with E-state index in [-0.39, 0.29) is 37.7 Å². The third-order valence-corrected chi connectivity index (χ3v) is 14.4. The van der Waals surface area contributed by atoms with Crippen molar-refractivity contribution in [3.63, 3.8) is 0 Å². The number of pyridine rings is 1. The minimum atomic E-state index is -3.84. The van der Waals surface area contributed by atoms with E-state index >= 15 is 0 Å². The zero-order valence-electron chi connectivity index (χ0n) is 33.3. The van der Waals surface area contributed by atoms with Crippen LogP contribution < -0.4 is 25.4 Å². The second kappa shape index (κ2) is 16.3. The van der Waals surface area contributed by atoms with Gasteiger partial charge in [-0.15, -0.1) is 17.9 Å². The molecule has 3 fully saturated rings. The molecule has 0 radical (unpaired) electrons. The average molecular weight is 811 g/mol. The number of rotatable bonds is 14. The highest BCUT2D eigenvalue weighted by atomic mass is 32.1. The molecule has 1 aromatic carbocycles. The number of thiazole rings is 1. The maximum absolute atomic E-state index is 14.7. The fourth-order valence-corrected chi connectivity index (χ4v) is 10.5. The van der Waals surface area contributed by atoms with Crippen LogP contribution in [-0.4, -0.2) is 93.1 Å². The van der Waals surface area contributed by atoms with Gasteiger partial charge in [0.1, 0.15) is 46.8 Å². The molecule has 16 heteroatoms. The lowest BCUT2D eigenvalue weighted by molar-refractivity contribution is -0.142. The maximum Gasteiger partial charge on any atom is 0.408 e. The quantitative estimate of drug-likeness (QED) is 0.0980. The van der Waals surface area contributed by atoms with Crippen molar-refractivity contribution in [1.29, 1.82) is 0 Å². The van der Waals surface area contributed by atoms with E-state index in [0.717, 1.165) is 30.8 Å². The Morgan fingerprint density at radius 1 is 1.14 bits per heavy atom. The number of nitrogens with zero attached hydrogens (tertiary/aromatic N) is 3. The molecule has 2 unspecified atom stereocenters. The molecule has 304 valence electrons. The van der Waals surface area contributed by atoms with Gasteiger partial charge >= 0.3 is 6.09 Å². The summed E-state index contributed by atoms with van der Waals surface area (Å²) in [5.74, 6) is -0.378. The molecule has 0 spiro atoms. The molecule has 6 rings (SSSR count). The summed E-state index contributed by atoms with van der Waals surface area (Å²) in [4.78, 5) is 64.4. The predicted molar refractivity (Wildman–Crippen MR) is 217 cm³/mol. The van der Waals surface area contributed by atoms with Crippen LogP contribution in [0, 0.1) is 11.3 Å². The van der Waals surface area contributed by atoms with E-state index in [1.165, 1.54) is 16.2 Å². The molecular weight excluding hydrogens is 756 g/mol. The summed E-state index contributed by atoms with van der Waals surface area (Å²) < 4.78 is 31.4. The number of carbonyl (C=O) groups is 3. The van der Waals surface area contributed by atoms with Crippen molar-refractivity contribution >= 4 is 52.6 Å². The highest BCUT2D eigenvalue weighted by Crippen LogP contribution is 2.69. The number of fused-ring (bicyclic) bond motifs is 1. The first-order valence-electron chi connectivity index (χ1n) is 19.4. The third kappa shape index (κ3) is 8.69. The van der Waals surface area contributed by atoms with Crippen molar-refractivity contribution in [2.24, 2.45) is 11.3 Å². The van der Waals surface area contributed by atoms with Gasteiger partial charge in [0.15, 0.2) is 5.13 Å². The van der Waals surface area contributed by atoms with Crippen molar-refractivity contribution in [1.82, 2.24) is 25.5 Å². The molecule has 3 amide bonds. The van der Waals surface area contributed by atoms with Gasteiger partial charge in [0.2, 0.25) is 19.2 Å². The SMILES string of the molecule is C=C[C@@H]1C[C@]1(NC(=O)[C@@H]1C[C@@H](Oc2cc(-c3csc(NC(C)C)n3)nc3cc(OC)ccc23)CN1C(=O)C(NC(=O)OC1CCCC1)C(C)(C)C)P(=O)(O)CC. The van der Waals surface area contributed by atoms with Gasteiger partial charge in [-0.25, -0.2) is 14.8 Å². The Bertz CT molecular complexity index is 2010. The second-order valence-corrected chi connectivity index (χ2v) is 20.1. The minimum absolute atomic E-state index is 0.000233. The molecular formula is C40H55N6O8PS. The van der Waals surface area contributed by atoms with Crippen LogP contribution in [0.25, 0.3) is 22.3 Å². The first-order valence-corrected chi connectivity index (χ1v) is 22.1. The van der Waals surface area contributed by atoms with Crippen LogP contribution >= 0.6 is 18.7 Å². The lowest BCUT2D eigenvalue weighted by Crippen LogP contribution is -2.58. The molecule has 3 aromatic rings. The zero-order valence-corrected chi connectivity index (χ0v) is 35.0. The topological polar surface area (TPSA) is 181 Å². The number of benzene rings is 1. The Morgan fingerprint density at radius 2 is 1.88 bits per heavy atom. The molecule has 2 saturated carbocycles. The highest BCUT2D eigenvalue weighted by molar-refractivity contribution is 7.60. The number of amides is 3. The molecule has 14 nitrogen and oxygen atoms in total. The third-order valence-electron chi connectivity index (χ3n) is 10.9. The summed E-state index contributed by atoms with van der Waals surface area (Å²) in [5.41, 5.74) is 1.04. The number of ether oxygens (including phenoxy) is 3. The van der Waals surface area contributed by atoms with Gasteiger partial charge in [0, 0.05) is 47.4 Å². The number of hydrogen-bond acceptors (Lipinski definition) is 11. The van der Waals surface area contributed by atoms with Crippen molar-refractivity contribution in [2.75, 3.05) is 25.1 Å². The lowest BCUT2D eigenvalue weighted by atomic mass is 9.85. The van der Waals surface area contributed by atoms with Gasteiger partial charge in [-0.05, 0) is 63.5 Å². The molecule has 1 saturated heterocycles. The standard InChI is InChI=1S/C40H55N6O8PS/c1-9-24-20-40(24,55(50,51)10-2)45-35(47)32-18-27(21-46(32)36(48)34(39(5,6)7)44-38(49)54-25-13-11-12-14-25)53-33-19-30(31-22-56-37(43-31)41-23(3)4)42-29-17-26(52-8)15-16-28(29)33/h9,15-17,19,22-25,27,32,34H,1,10-14,18,20-21H2,2-8H3,(H,41,43)(H,44,49)(H,45,47)(H,50,51)/t24-,27-,32+,34?,40+/m1/s1. The van der Waals surface area contributed by atoms with E-state index in [0.29, 0.717) is 33.8 Å². The summed E-state index contributed by atoms with van der Waals surface area (Å²) in [6.45, 7) is 15.0. The van der Waals surface area contributed by atoms with Gasteiger partial charge in [-0.3, -0.25) is 14.2 Å². The van der Waals surface area contributed by atoms with Crippen LogP contribution in [0.3, 0.4) is 0 Å². The van der Waals surface area contributed by atoms with Crippen LogP contribution in [0.4, 0.5) is 9.93 Å². The maximum atomic E-state index is 14.7. The molecule has 0 bridgehead atoms. The zero-order chi connectivity index (χ0) is 40.6. The summed E-state index contributed by atoms with van der Waals surface area (Å²) in [7, 11) is -2.26. The molecule has 4 N–H and O–H groups in total. The van der Waals surface area contributed by atoms with Crippen LogP contribution in [-0.2, 0) is 18.9 Å². The molecule has 6 atom stereocenters. The fraction of sp³-hybridized carbons (Fsp3) is 0.575. The molecule has 2 aromatic heterocycles. The molecule has 56 heavy (non-hydrogen) atoms.